The maximum Gasteiger partial charge on any atom is 0.255 e. The molecule has 144 valence electrons. The third kappa shape index (κ3) is 3.45. The number of amides is 1. The van der Waals surface area contributed by atoms with Gasteiger partial charge in [0, 0.05) is 0 Å². The molecule has 1 unspecified atom stereocenters. The molecule has 0 saturated carbocycles. The molecule has 0 bridgehead atoms. The quantitative estimate of drug-likeness (QED) is 0.742. The minimum Gasteiger partial charge on any atom is -0.497 e. The minimum absolute atomic E-state index is 0.0588. The van der Waals surface area contributed by atoms with Gasteiger partial charge in [0.2, 0.25) is 0 Å². The summed E-state index contributed by atoms with van der Waals surface area (Å²) in [6.45, 7) is 2.49. The molecule has 4 rings (SSSR count). The normalized spacial score (nSPS) is 15.4. The van der Waals surface area contributed by atoms with Crippen LogP contribution < -0.4 is 14.8 Å². The second-order valence-electron chi connectivity index (χ2n) is 6.76. The van der Waals surface area contributed by atoms with Crippen LogP contribution in [0.3, 0.4) is 0 Å². The van der Waals surface area contributed by atoms with E-state index in [1.54, 1.807) is 18.0 Å². The van der Waals surface area contributed by atoms with Crippen molar-refractivity contribution in [2.24, 2.45) is 0 Å². The molecule has 0 aliphatic carbocycles. The number of nitrogens with zero attached hydrogens (tertiary/aromatic N) is 2. The van der Waals surface area contributed by atoms with E-state index in [1.807, 2.05) is 55.5 Å². The largest absolute Gasteiger partial charge is 0.497 e. The van der Waals surface area contributed by atoms with Gasteiger partial charge in [-0.3, -0.25) is 4.79 Å². The van der Waals surface area contributed by atoms with Crippen molar-refractivity contribution in [1.82, 2.24) is 15.1 Å². The van der Waals surface area contributed by atoms with Gasteiger partial charge in [0.05, 0.1) is 36.3 Å². The van der Waals surface area contributed by atoms with Crippen molar-refractivity contribution >= 4 is 5.91 Å². The fraction of sp³-hybridized carbons (Fsp3) is 0.273. The molecule has 6 nitrogen and oxygen atoms in total. The molecule has 0 spiro atoms. The number of hydrogen-bond acceptors (Lipinski definition) is 4. The Kier molecular flexibility index (Phi) is 5.02. The summed E-state index contributed by atoms with van der Waals surface area (Å²) in [7, 11) is 1.64. The van der Waals surface area contributed by atoms with Crippen LogP contribution in [0.25, 0.3) is 5.69 Å². The molecule has 3 aromatic rings. The van der Waals surface area contributed by atoms with Gasteiger partial charge in [-0.05, 0) is 48.7 Å². The van der Waals surface area contributed by atoms with E-state index in [2.05, 4.69) is 10.4 Å². The number of para-hydroxylation sites is 1. The Balaban J connectivity index is 1.52. The van der Waals surface area contributed by atoms with Crippen LogP contribution >= 0.6 is 0 Å². The summed E-state index contributed by atoms with van der Waals surface area (Å²) < 4.78 is 12.8. The number of carbonyl (C=O) groups is 1. The van der Waals surface area contributed by atoms with Gasteiger partial charge in [-0.15, -0.1) is 0 Å². The predicted octanol–water partition coefficient (Wildman–Crippen LogP) is 3.18. The third-order valence-electron chi connectivity index (χ3n) is 4.98. The molecular formula is C22H23N3O3. The van der Waals surface area contributed by atoms with Crippen molar-refractivity contribution in [1.29, 1.82) is 0 Å². The van der Waals surface area contributed by atoms with Crippen LogP contribution in [0, 0.1) is 0 Å². The highest BCUT2D eigenvalue weighted by Gasteiger charge is 2.24. The van der Waals surface area contributed by atoms with Gasteiger partial charge in [-0.25, -0.2) is 4.68 Å². The second kappa shape index (κ2) is 7.76. The summed E-state index contributed by atoms with van der Waals surface area (Å²) in [5.41, 5.74) is 3.48. The number of benzene rings is 2. The van der Waals surface area contributed by atoms with Crippen molar-refractivity contribution in [3.05, 3.63) is 71.5 Å². The molecule has 1 aromatic heterocycles. The van der Waals surface area contributed by atoms with Crippen LogP contribution in [0.15, 0.2) is 54.7 Å². The molecule has 2 heterocycles. The average molecular weight is 377 g/mol. The molecule has 1 atom stereocenters. The topological polar surface area (TPSA) is 65.4 Å². The first kappa shape index (κ1) is 18.1. The van der Waals surface area contributed by atoms with Crippen molar-refractivity contribution in [2.75, 3.05) is 13.7 Å². The van der Waals surface area contributed by atoms with Crippen molar-refractivity contribution in [3.8, 4) is 17.2 Å². The number of nitrogens with one attached hydrogen (secondary N) is 1. The number of ether oxygens (including phenoxy) is 2. The Morgan fingerprint density at radius 1 is 1.25 bits per heavy atom. The van der Waals surface area contributed by atoms with Crippen LogP contribution in [-0.2, 0) is 12.8 Å². The predicted molar refractivity (Wildman–Crippen MR) is 106 cm³/mol. The molecular weight excluding hydrogens is 354 g/mol. The smallest absolute Gasteiger partial charge is 0.255 e. The molecule has 1 aliphatic heterocycles. The molecule has 1 aliphatic rings. The Morgan fingerprint density at radius 2 is 2.04 bits per heavy atom. The van der Waals surface area contributed by atoms with Gasteiger partial charge in [-0.2, -0.15) is 5.10 Å². The van der Waals surface area contributed by atoms with Crippen LogP contribution in [0.5, 0.6) is 11.5 Å². The van der Waals surface area contributed by atoms with Gasteiger partial charge in [0.1, 0.15) is 18.1 Å². The highest BCUT2D eigenvalue weighted by atomic mass is 16.5. The average Bonchev–Trinajstić information content (AvgIpc) is 3.18. The minimum atomic E-state index is -0.121. The lowest BCUT2D eigenvalue weighted by atomic mass is 10.0. The number of hydrogen-bond donors (Lipinski definition) is 1. The van der Waals surface area contributed by atoms with E-state index < -0.39 is 0 Å². The van der Waals surface area contributed by atoms with E-state index in [-0.39, 0.29) is 11.9 Å². The van der Waals surface area contributed by atoms with Crippen LogP contribution in [-0.4, -0.2) is 35.4 Å². The van der Waals surface area contributed by atoms with Gasteiger partial charge < -0.3 is 14.8 Å². The lowest BCUT2D eigenvalue weighted by molar-refractivity contribution is 0.0914. The highest BCUT2D eigenvalue weighted by molar-refractivity contribution is 5.95. The van der Waals surface area contributed by atoms with E-state index in [9.17, 15) is 4.79 Å². The summed E-state index contributed by atoms with van der Waals surface area (Å²) in [5.74, 6) is 1.56. The fourth-order valence-corrected chi connectivity index (χ4v) is 3.53. The first-order chi connectivity index (χ1) is 13.7. The Hall–Kier alpha value is -3.28. The Labute approximate surface area is 164 Å². The van der Waals surface area contributed by atoms with E-state index in [0.29, 0.717) is 18.6 Å². The number of carbonyl (C=O) groups excluding carboxylic acids is 1. The first-order valence-electron chi connectivity index (χ1n) is 9.42. The summed E-state index contributed by atoms with van der Waals surface area (Å²) in [6, 6.07) is 15.5. The van der Waals surface area contributed by atoms with Gasteiger partial charge in [0.25, 0.3) is 5.91 Å². The molecule has 1 amide bonds. The Morgan fingerprint density at radius 3 is 2.79 bits per heavy atom. The first-order valence-corrected chi connectivity index (χ1v) is 9.42. The van der Waals surface area contributed by atoms with Gasteiger partial charge in [-0.1, -0.05) is 25.1 Å². The van der Waals surface area contributed by atoms with Crippen LogP contribution in [0.4, 0.5) is 0 Å². The van der Waals surface area contributed by atoms with Crippen LogP contribution in [0.1, 0.15) is 28.5 Å². The number of fused-ring (bicyclic) bond motifs is 1. The van der Waals surface area contributed by atoms with Gasteiger partial charge >= 0.3 is 0 Å². The van der Waals surface area contributed by atoms with E-state index in [4.69, 9.17) is 9.47 Å². The van der Waals surface area contributed by atoms with E-state index in [1.165, 1.54) is 0 Å². The third-order valence-corrected chi connectivity index (χ3v) is 4.98. The lowest BCUT2D eigenvalue weighted by Gasteiger charge is -2.26. The van der Waals surface area contributed by atoms with Crippen molar-refractivity contribution < 1.29 is 14.3 Å². The number of methoxy groups -OCH3 is 1. The Bertz CT molecular complexity index is 979. The zero-order chi connectivity index (χ0) is 19.5. The summed E-state index contributed by atoms with van der Waals surface area (Å²) >= 11 is 0. The molecule has 2 aromatic carbocycles. The summed E-state index contributed by atoms with van der Waals surface area (Å²) in [6.07, 6.45) is 3.09. The standard InChI is InChI=1S/C22H23N3O3/c1-3-20-19(13-23-25(20)17-8-10-18(27-2)11-9-17)22(26)24-16-12-15-6-4-5-7-21(15)28-14-16/h4-11,13,16H,3,12,14H2,1-2H3,(H,24,26). The van der Waals surface area contributed by atoms with E-state index >= 15 is 0 Å². The maximum atomic E-state index is 12.9. The summed E-state index contributed by atoms with van der Waals surface area (Å²) in [5, 5.41) is 7.54. The molecule has 0 radical (unpaired) electrons. The van der Waals surface area contributed by atoms with Crippen molar-refractivity contribution in [2.45, 2.75) is 25.8 Å². The van der Waals surface area contributed by atoms with Crippen LogP contribution in [0.2, 0.25) is 0 Å². The number of rotatable bonds is 5. The van der Waals surface area contributed by atoms with E-state index in [0.717, 1.165) is 34.9 Å². The van der Waals surface area contributed by atoms with Gasteiger partial charge in [0.15, 0.2) is 0 Å². The zero-order valence-electron chi connectivity index (χ0n) is 16.0. The highest BCUT2D eigenvalue weighted by Crippen LogP contribution is 2.24. The second-order valence-corrected chi connectivity index (χ2v) is 6.76. The number of aromatic nitrogens is 2. The fourth-order valence-electron chi connectivity index (χ4n) is 3.53. The monoisotopic (exact) mass is 377 g/mol. The zero-order valence-corrected chi connectivity index (χ0v) is 16.0. The molecule has 0 fully saturated rings. The SMILES string of the molecule is CCc1c(C(=O)NC2COc3ccccc3C2)cnn1-c1ccc(OC)cc1. The molecule has 28 heavy (non-hydrogen) atoms. The summed E-state index contributed by atoms with van der Waals surface area (Å²) in [4.78, 5) is 12.9. The molecule has 6 heteroatoms. The maximum absolute atomic E-state index is 12.9. The molecule has 0 saturated heterocycles. The van der Waals surface area contributed by atoms with Crippen molar-refractivity contribution in [3.63, 3.8) is 0 Å². The lowest BCUT2D eigenvalue weighted by Crippen LogP contribution is -2.42. The molecule has 1 N–H and O–H groups in total.